The number of hydrogen-bond donors (Lipinski definition) is 1. The molecule has 0 aliphatic rings. The van der Waals surface area contributed by atoms with E-state index in [2.05, 4.69) is 36.3 Å². The average Bonchev–Trinajstić information content (AvgIpc) is 3.22. The molecule has 1 heterocycles. The Balaban J connectivity index is 1.55. The number of benzene rings is 3. The monoisotopic (exact) mass is 415 g/mol. The number of rotatable bonds is 6. The Morgan fingerprint density at radius 1 is 1.13 bits per heavy atom. The van der Waals surface area contributed by atoms with Crippen molar-refractivity contribution in [2.45, 2.75) is 26.2 Å². The number of fused-ring (bicyclic) bond motifs is 1. The van der Waals surface area contributed by atoms with Crippen LogP contribution in [0.15, 0.2) is 71.1 Å². The molecule has 1 N–H and O–H groups in total. The molecule has 0 fully saturated rings. The molecular weight excluding hydrogens is 394 g/mol. The zero-order valence-corrected chi connectivity index (χ0v) is 17.2. The SMILES string of the molecule is CC[C@@H](C)c1ccc2oc(-c3ccc(NC(=O)c4ccccc4[N+](=O)[O-])cc3)nc2c1. The smallest absolute Gasteiger partial charge is 0.282 e. The number of carbonyl (C=O) groups is 1. The highest BCUT2D eigenvalue weighted by Crippen LogP contribution is 2.29. The van der Waals surface area contributed by atoms with Crippen LogP contribution < -0.4 is 5.32 Å². The van der Waals surface area contributed by atoms with Gasteiger partial charge in [0.05, 0.1) is 4.92 Å². The molecule has 1 aromatic heterocycles. The van der Waals surface area contributed by atoms with Crippen LogP contribution in [0, 0.1) is 10.1 Å². The lowest BCUT2D eigenvalue weighted by Gasteiger charge is -2.07. The standard InChI is InChI=1S/C24H21N3O4/c1-3-15(2)17-10-13-22-20(14-17)26-24(31-22)16-8-11-18(12-9-16)25-23(28)19-6-4-5-7-21(19)27(29)30/h4-15H,3H2,1-2H3,(H,25,28)/t15-/m1/s1. The Kier molecular flexibility index (Phi) is 5.49. The van der Waals surface area contributed by atoms with Crippen molar-refractivity contribution in [3.05, 3.63) is 88.0 Å². The molecule has 0 aliphatic heterocycles. The van der Waals surface area contributed by atoms with Crippen molar-refractivity contribution >= 4 is 28.4 Å². The second-order valence-electron chi connectivity index (χ2n) is 7.36. The molecule has 0 aliphatic carbocycles. The van der Waals surface area contributed by atoms with Crippen LogP contribution in [0.25, 0.3) is 22.6 Å². The van der Waals surface area contributed by atoms with E-state index in [9.17, 15) is 14.9 Å². The minimum atomic E-state index is -0.572. The van der Waals surface area contributed by atoms with Gasteiger partial charge >= 0.3 is 0 Å². The number of aromatic nitrogens is 1. The normalized spacial score (nSPS) is 11.9. The van der Waals surface area contributed by atoms with E-state index in [-0.39, 0.29) is 11.3 Å². The molecule has 0 bridgehead atoms. The average molecular weight is 415 g/mol. The lowest BCUT2D eigenvalue weighted by atomic mass is 9.98. The van der Waals surface area contributed by atoms with Gasteiger partial charge in [0.15, 0.2) is 5.58 Å². The Morgan fingerprint density at radius 3 is 2.58 bits per heavy atom. The number of nitro benzene ring substituents is 1. The number of hydrogen-bond acceptors (Lipinski definition) is 5. The number of anilines is 1. The lowest BCUT2D eigenvalue weighted by Crippen LogP contribution is -2.13. The first kappa shape index (κ1) is 20.3. The summed E-state index contributed by atoms with van der Waals surface area (Å²) in [5.74, 6) is 0.403. The minimum Gasteiger partial charge on any atom is -0.436 e. The Hall–Kier alpha value is -4.00. The summed E-state index contributed by atoms with van der Waals surface area (Å²) in [6, 6.07) is 18.9. The van der Waals surface area contributed by atoms with Gasteiger partial charge in [0.2, 0.25) is 5.89 Å². The van der Waals surface area contributed by atoms with E-state index < -0.39 is 10.8 Å². The second-order valence-corrected chi connectivity index (χ2v) is 7.36. The molecule has 4 rings (SSSR count). The molecule has 1 amide bonds. The van der Waals surface area contributed by atoms with Gasteiger partial charge in [0.25, 0.3) is 11.6 Å². The quantitative estimate of drug-likeness (QED) is 0.300. The third-order valence-electron chi connectivity index (χ3n) is 5.33. The molecule has 3 aromatic carbocycles. The summed E-state index contributed by atoms with van der Waals surface area (Å²) < 4.78 is 5.88. The van der Waals surface area contributed by atoms with E-state index in [1.54, 1.807) is 30.3 Å². The fraction of sp³-hybridized carbons (Fsp3) is 0.167. The van der Waals surface area contributed by atoms with Gasteiger partial charge in [-0.1, -0.05) is 32.0 Å². The minimum absolute atomic E-state index is 0.00707. The van der Waals surface area contributed by atoms with Gasteiger partial charge in [0, 0.05) is 17.3 Å². The molecule has 0 saturated carbocycles. The van der Waals surface area contributed by atoms with E-state index in [0.717, 1.165) is 23.1 Å². The molecule has 7 nitrogen and oxygen atoms in total. The van der Waals surface area contributed by atoms with Gasteiger partial charge < -0.3 is 9.73 Å². The summed E-state index contributed by atoms with van der Waals surface area (Å²) in [6.45, 7) is 4.33. The van der Waals surface area contributed by atoms with Crippen LogP contribution in [0.1, 0.15) is 42.1 Å². The van der Waals surface area contributed by atoms with Crippen LogP contribution >= 0.6 is 0 Å². The van der Waals surface area contributed by atoms with Gasteiger partial charge in [-0.2, -0.15) is 0 Å². The predicted molar refractivity (Wildman–Crippen MR) is 119 cm³/mol. The van der Waals surface area contributed by atoms with Crippen LogP contribution in [0.5, 0.6) is 0 Å². The molecule has 1 atom stereocenters. The molecule has 7 heteroatoms. The third kappa shape index (κ3) is 4.16. The largest absolute Gasteiger partial charge is 0.436 e. The fourth-order valence-electron chi connectivity index (χ4n) is 3.33. The van der Waals surface area contributed by atoms with Crippen LogP contribution in [-0.4, -0.2) is 15.8 Å². The summed E-state index contributed by atoms with van der Waals surface area (Å²) in [4.78, 5) is 27.6. The van der Waals surface area contributed by atoms with E-state index in [1.807, 2.05) is 6.07 Å². The number of nitrogens with zero attached hydrogens (tertiary/aromatic N) is 2. The number of nitro groups is 1. The first-order valence-corrected chi connectivity index (χ1v) is 10.0. The van der Waals surface area contributed by atoms with Crippen LogP contribution in [0.2, 0.25) is 0 Å². The van der Waals surface area contributed by atoms with Gasteiger partial charge in [-0.3, -0.25) is 14.9 Å². The first-order chi connectivity index (χ1) is 15.0. The highest BCUT2D eigenvalue weighted by Gasteiger charge is 2.19. The van der Waals surface area contributed by atoms with E-state index in [1.165, 1.54) is 23.8 Å². The molecule has 0 radical (unpaired) electrons. The predicted octanol–water partition coefficient (Wildman–Crippen LogP) is 6.17. The molecule has 0 spiro atoms. The van der Waals surface area contributed by atoms with Crippen molar-refractivity contribution in [3.8, 4) is 11.5 Å². The van der Waals surface area contributed by atoms with Crippen LogP contribution in [0.3, 0.4) is 0 Å². The van der Waals surface area contributed by atoms with Gasteiger partial charge in [-0.15, -0.1) is 0 Å². The molecule has 0 saturated heterocycles. The highest BCUT2D eigenvalue weighted by molar-refractivity contribution is 6.07. The number of carbonyl (C=O) groups excluding carboxylic acids is 1. The van der Waals surface area contributed by atoms with Gasteiger partial charge in [0.1, 0.15) is 11.1 Å². The third-order valence-corrected chi connectivity index (χ3v) is 5.33. The van der Waals surface area contributed by atoms with Crippen molar-refractivity contribution in [2.75, 3.05) is 5.32 Å². The second kappa shape index (κ2) is 8.39. The molecule has 0 unspecified atom stereocenters. The zero-order chi connectivity index (χ0) is 22.0. The lowest BCUT2D eigenvalue weighted by molar-refractivity contribution is -0.385. The maximum absolute atomic E-state index is 12.5. The van der Waals surface area contributed by atoms with Crippen LogP contribution in [-0.2, 0) is 0 Å². The molecule has 4 aromatic rings. The maximum atomic E-state index is 12.5. The van der Waals surface area contributed by atoms with E-state index in [0.29, 0.717) is 17.5 Å². The van der Waals surface area contributed by atoms with Crippen LogP contribution in [0.4, 0.5) is 11.4 Å². The zero-order valence-electron chi connectivity index (χ0n) is 17.2. The molecular formula is C24H21N3O4. The van der Waals surface area contributed by atoms with Crippen molar-refractivity contribution < 1.29 is 14.1 Å². The maximum Gasteiger partial charge on any atom is 0.282 e. The first-order valence-electron chi connectivity index (χ1n) is 10.0. The highest BCUT2D eigenvalue weighted by atomic mass is 16.6. The fourth-order valence-corrected chi connectivity index (χ4v) is 3.33. The Bertz CT molecular complexity index is 1260. The summed E-state index contributed by atoms with van der Waals surface area (Å²) in [5.41, 5.74) is 3.81. The van der Waals surface area contributed by atoms with Gasteiger partial charge in [-0.05, 0) is 60.4 Å². The summed E-state index contributed by atoms with van der Waals surface area (Å²) in [5, 5.41) is 13.8. The summed E-state index contributed by atoms with van der Waals surface area (Å²) in [7, 11) is 0. The van der Waals surface area contributed by atoms with Gasteiger partial charge in [-0.25, -0.2) is 4.98 Å². The number of nitrogens with one attached hydrogen (secondary N) is 1. The van der Waals surface area contributed by atoms with Crippen molar-refractivity contribution in [1.29, 1.82) is 0 Å². The van der Waals surface area contributed by atoms with E-state index in [4.69, 9.17) is 4.42 Å². The van der Waals surface area contributed by atoms with Crippen molar-refractivity contribution in [1.82, 2.24) is 4.98 Å². The summed E-state index contributed by atoms with van der Waals surface area (Å²) >= 11 is 0. The van der Waals surface area contributed by atoms with E-state index >= 15 is 0 Å². The number of para-hydroxylation sites is 1. The summed E-state index contributed by atoms with van der Waals surface area (Å²) in [6.07, 6.45) is 1.05. The van der Waals surface area contributed by atoms with Crippen molar-refractivity contribution in [2.24, 2.45) is 0 Å². The molecule has 156 valence electrons. The topological polar surface area (TPSA) is 98.3 Å². The number of amides is 1. The Labute approximate surface area is 178 Å². The molecule has 31 heavy (non-hydrogen) atoms. The number of oxazole rings is 1. The van der Waals surface area contributed by atoms with Crippen molar-refractivity contribution in [3.63, 3.8) is 0 Å². The Morgan fingerprint density at radius 2 is 1.87 bits per heavy atom.